The topological polar surface area (TPSA) is 37.4 Å². The number of sulfonamides is 1. The van der Waals surface area contributed by atoms with Crippen LogP contribution in [0.15, 0.2) is 22.7 Å². The van der Waals surface area contributed by atoms with E-state index in [1.165, 1.54) is 4.31 Å². The Labute approximate surface area is 102 Å². The number of hydrogen-bond acceptors (Lipinski definition) is 2. The zero-order valence-corrected chi connectivity index (χ0v) is 10.9. The largest absolute Gasteiger partial charge is 0.270 e. The maximum Gasteiger partial charge on any atom is 0.235 e. The molecule has 15 heavy (non-hydrogen) atoms. The Hall–Kier alpha value is -0.260. The molecular formula is C9H9BrClNO2S. The molecule has 0 aliphatic carbocycles. The molecule has 0 bridgehead atoms. The van der Waals surface area contributed by atoms with Crippen LogP contribution >= 0.6 is 27.5 Å². The van der Waals surface area contributed by atoms with Crippen molar-refractivity contribution >= 4 is 43.2 Å². The van der Waals surface area contributed by atoms with E-state index >= 15 is 0 Å². The highest BCUT2D eigenvalue weighted by atomic mass is 79.9. The quantitative estimate of drug-likeness (QED) is 0.799. The first-order valence-corrected chi connectivity index (χ1v) is 7.23. The van der Waals surface area contributed by atoms with E-state index < -0.39 is 10.0 Å². The maximum atomic E-state index is 11.7. The third-order valence-corrected chi connectivity index (χ3v) is 4.78. The molecule has 0 aromatic heterocycles. The molecule has 6 heteroatoms. The van der Waals surface area contributed by atoms with E-state index in [4.69, 9.17) is 11.6 Å². The van der Waals surface area contributed by atoms with Gasteiger partial charge in [-0.15, -0.1) is 0 Å². The summed E-state index contributed by atoms with van der Waals surface area (Å²) >= 11 is 9.16. The molecule has 1 aromatic carbocycles. The summed E-state index contributed by atoms with van der Waals surface area (Å²) in [5.41, 5.74) is 0.631. The predicted molar refractivity (Wildman–Crippen MR) is 64.9 cm³/mol. The van der Waals surface area contributed by atoms with Crippen molar-refractivity contribution in [3.8, 4) is 0 Å². The molecule has 1 aliphatic rings. The van der Waals surface area contributed by atoms with E-state index in [1.807, 2.05) is 0 Å². The van der Waals surface area contributed by atoms with Gasteiger partial charge in [0, 0.05) is 16.0 Å². The molecule has 0 amide bonds. The molecule has 1 aromatic rings. The zero-order chi connectivity index (χ0) is 11.1. The lowest BCUT2D eigenvalue weighted by Gasteiger charge is -2.17. The first-order chi connectivity index (χ1) is 6.99. The first kappa shape index (κ1) is 11.2. The summed E-state index contributed by atoms with van der Waals surface area (Å²) in [5.74, 6) is 0.219. The highest BCUT2D eigenvalue weighted by Crippen LogP contribution is 2.29. The molecule has 0 atom stereocenters. The van der Waals surface area contributed by atoms with E-state index in [0.717, 1.165) is 4.47 Å². The van der Waals surface area contributed by atoms with Gasteiger partial charge in [-0.2, -0.15) is 0 Å². The van der Waals surface area contributed by atoms with Crippen molar-refractivity contribution in [3.63, 3.8) is 0 Å². The maximum absolute atomic E-state index is 11.7. The summed E-state index contributed by atoms with van der Waals surface area (Å²) in [6.07, 6.45) is 0.673. The van der Waals surface area contributed by atoms with E-state index in [0.29, 0.717) is 23.7 Å². The van der Waals surface area contributed by atoms with Crippen molar-refractivity contribution in [2.24, 2.45) is 0 Å². The highest BCUT2D eigenvalue weighted by Gasteiger charge is 2.28. The summed E-state index contributed by atoms with van der Waals surface area (Å²) in [5, 5.41) is 0.529. The average Bonchev–Trinajstić information content (AvgIpc) is 2.43. The molecule has 1 heterocycles. The van der Waals surface area contributed by atoms with Gasteiger partial charge in [-0.1, -0.05) is 27.5 Å². The van der Waals surface area contributed by atoms with Crippen molar-refractivity contribution in [3.05, 3.63) is 27.7 Å². The molecule has 1 aliphatic heterocycles. The summed E-state index contributed by atoms with van der Waals surface area (Å²) in [6.45, 7) is 0.537. The number of halogens is 2. The molecule has 3 nitrogen and oxygen atoms in total. The third kappa shape index (κ3) is 2.29. The van der Waals surface area contributed by atoms with Crippen LogP contribution in [-0.2, 0) is 10.0 Å². The van der Waals surface area contributed by atoms with Crippen LogP contribution in [0.5, 0.6) is 0 Å². The van der Waals surface area contributed by atoms with Crippen LogP contribution in [0.3, 0.4) is 0 Å². The Morgan fingerprint density at radius 2 is 2.07 bits per heavy atom. The van der Waals surface area contributed by atoms with Crippen LogP contribution in [0, 0.1) is 0 Å². The molecule has 1 saturated heterocycles. The Balaban J connectivity index is 2.46. The molecule has 0 saturated carbocycles. The van der Waals surface area contributed by atoms with Gasteiger partial charge in [0.25, 0.3) is 0 Å². The van der Waals surface area contributed by atoms with Crippen molar-refractivity contribution in [1.82, 2.24) is 0 Å². The molecule has 2 rings (SSSR count). The minimum Gasteiger partial charge on any atom is -0.270 e. The van der Waals surface area contributed by atoms with Gasteiger partial charge < -0.3 is 0 Å². The van der Waals surface area contributed by atoms with Gasteiger partial charge in [0.05, 0.1) is 11.4 Å². The summed E-state index contributed by atoms with van der Waals surface area (Å²) in [7, 11) is -3.12. The van der Waals surface area contributed by atoms with Crippen LogP contribution in [0.1, 0.15) is 6.42 Å². The van der Waals surface area contributed by atoms with Crippen LogP contribution < -0.4 is 4.31 Å². The van der Waals surface area contributed by atoms with Crippen molar-refractivity contribution in [1.29, 1.82) is 0 Å². The molecule has 82 valence electrons. The van der Waals surface area contributed by atoms with Crippen molar-refractivity contribution in [2.45, 2.75) is 6.42 Å². The Morgan fingerprint density at radius 3 is 2.60 bits per heavy atom. The minimum atomic E-state index is -3.12. The fraction of sp³-hybridized carbons (Fsp3) is 0.333. The van der Waals surface area contributed by atoms with Gasteiger partial charge >= 0.3 is 0 Å². The van der Waals surface area contributed by atoms with Crippen molar-refractivity contribution < 1.29 is 8.42 Å². The monoisotopic (exact) mass is 309 g/mol. The van der Waals surface area contributed by atoms with Crippen LogP contribution in [0.4, 0.5) is 5.69 Å². The number of anilines is 1. The molecule has 0 spiro atoms. The van der Waals surface area contributed by atoms with Crippen LogP contribution in [-0.4, -0.2) is 20.7 Å². The first-order valence-electron chi connectivity index (χ1n) is 4.45. The van der Waals surface area contributed by atoms with E-state index in [2.05, 4.69) is 15.9 Å². The normalized spacial score (nSPS) is 19.5. The standard InChI is InChI=1S/C9H9BrClNO2S/c10-7-4-8(11)6-9(5-7)12-2-1-3-15(12,13)14/h4-6H,1-3H2. The molecule has 1 fully saturated rings. The average molecular weight is 311 g/mol. The van der Waals surface area contributed by atoms with Gasteiger partial charge in [-0.25, -0.2) is 8.42 Å². The smallest absolute Gasteiger partial charge is 0.235 e. The number of hydrogen-bond donors (Lipinski definition) is 0. The second-order valence-electron chi connectivity index (χ2n) is 3.37. The van der Waals surface area contributed by atoms with Crippen LogP contribution in [0.2, 0.25) is 5.02 Å². The lowest BCUT2D eigenvalue weighted by molar-refractivity contribution is 0.599. The minimum absolute atomic E-state index is 0.219. The summed E-state index contributed by atoms with van der Waals surface area (Å²) < 4.78 is 25.5. The fourth-order valence-corrected chi connectivity index (χ4v) is 4.00. The van der Waals surface area contributed by atoms with E-state index in [-0.39, 0.29) is 5.75 Å². The van der Waals surface area contributed by atoms with Crippen LogP contribution in [0.25, 0.3) is 0 Å². The highest BCUT2D eigenvalue weighted by molar-refractivity contribution is 9.10. The van der Waals surface area contributed by atoms with Gasteiger partial charge in [0.2, 0.25) is 10.0 Å². The molecule has 0 radical (unpaired) electrons. The summed E-state index contributed by atoms with van der Waals surface area (Å²) in [6, 6.07) is 5.15. The number of rotatable bonds is 1. The van der Waals surface area contributed by atoms with Gasteiger partial charge in [0.1, 0.15) is 0 Å². The lowest BCUT2D eigenvalue weighted by atomic mass is 10.3. The summed E-state index contributed by atoms with van der Waals surface area (Å²) in [4.78, 5) is 0. The van der Waals surface area contributed by atoms with Gasteiger partial charge in [-0.05, 0) is 24.6 Å². The van der Waals surface area contributed by atoms with E-state index in [9.17, 15) is 8.42 Å². The van der Waals surface area contributed by atoms with Crippen molar-refractivity contribution in [2.75, 3.05) is 16.6 Å². The zero-order valence-electron chi connectivity index (χ0n) is 7.78. The predicted octanol–water partition coefficient (Wildman–Crippen LogP) is 2.64. The van der Waals surface area contributed by atoms with E-state index in [1.54, 1.807) is 18.2 Å². The SMILES string of the molecule is O=S1(=O)CCCN1c1cc(Cl)cc(Br)c1. The molecule has 0 unspecified atom stereocenters. The molecule has 0 N–H and O–H groups in total. The Kier molecular flexibility index (Phi) is 2.96. The Morgan fingerprint density at radius 1 is 1.33 bits per heavy atom. The second kappa shape index (κ2) is 3.96. The third-order valence-electron chi connectivity index (χ3n) is 2.23. The fourth-order valence-electron chi connectivity index (χ4n) is 1.61. The van der Waals surface area contributed by atoms with Gasteiger partial charge in [0.15, 0.2) is 0 Å². The second-order valence-corrected chi connectivity index (χ2v) is 6.73. The Bertz CT molecular complexity index is 469. The van der Waals surface area contributed by atoms with Gasteiger partial charge in [-0.3, -0.25) is 4.31 Å². The molecular weight excluding hydrogens is 302 g/mol. The number of benzene rings is 1. The number of nitrogens with zero attached hydrogens (tertiary/aromatic N) is 1. The lowest BCUT2D eigenvalue weighted by Crippen LogP contribution is -2.24.